The molecule has 21 heavy (non-hydrogen) atoms. The number of ether oxygens (including phenoxy) is 1. The van der Waals surface area contributed by atoms with E-state index in [0.29, 0.717) is 6.54 Å². The molecule has 1 aromatic heterocycles. The number of nitriles is 1. The van der Waals surface area contributed by atoms with Gasteiger partial charge in [-0.05, 0) is 12.5 Å². The smallest absolute Gasteiger partial charge is 0.123 e. The second kappa shape index (κ2) is 6.94. The van der Waals surface area contributed by atoms with Gasteiger partial charge in [0.15, 0.2) is 0 Å². The average molecular weight is 283 g/mol. The highest BCUT2D eigenvalue weighted by Gasteiger charge is 2.35. The van der Waals surface area contributed by atoms with E-state index in [-0.39, 0.29) is 0 Å². The van der Waals surface area contributed by atoms with Crippen LogP contribution in [-0.4, -0.2) is 16.7 Å². The zero-order valence-electron chi connectivity index (χ0n) is 12.6. The normalized spacial score (nSPS) is 13.4. The summed E-state index contributed by atoms with van der Waals surface area (Å²) in [6, 6.07) is 10.4. The number of unbranched alkanes of at least 4 members (excludes halogenated alkanes) is 1. The molecule has 1 atom stereocenters. The predicted octanol–water partition coefficient (Wildman–Crippen LogP) is 3.54. The Morgan fingerprint density at radius 1 is 1.38 bits per heavy atom. The van der Waals surface area contributed by atoms with Crippen LogP contribution in [0, 0.1) is 11.3 Å². The third-order valence-electron chi connectivity index (χ3n) is 3.81. The third kappa shape index (κ3) is 3.25. The Labute approximate surface area is 126 Å². The number of imidazole rings is 1. The first-order chi connectivity index (χ1) is 10.3. The first-order valence-electron chi connectivity index (χ1n) is 7.26. The van der Waals surface area contributed by atoms with Crippen molar-refractivity contribution in [1.82, 2.24) is 9.55 Å². The minimum atomic E-state index is -0.594. The highest BCUT2D eigenvalue weighted by atomic mass is 16.5. The number of aromatic nitrogens is 2. The topological polar surface area (TPSA) is 50.8 Å². The van der Waals surface area contributed by atoms with Crippen LogP contribution in [0.15, 0.2) is 43.0 Å². The van der Waals surface area contributed by atoms with E-state index in [0.717, 1.165) is 30.6 Å². The molecule has 1 aromatic carbocycles. The maximum atomic E-state index is 9.94. The minimum absolute atomic E-state index is 0.587. The van der Waals surface area contributed by atoms with E-state index >= 15 is 0 Å². The fraction of sp³-hybridized carbons (Fsp3) is 0.412. The van der Waals surface area contributed by atoms with E-state index in [9.17, 15) is 5.26 Å². The molecule has 2 aromatic rings. The van der Waals surface area contributed by atoms with Crippen molar-refractivity contribution in [2.24, 2.45) is 0 Å². The summed E-state index contributed by atoms with van der Waals surface area (Å²) in [6.45, 7) is 2.73. The maximum absolute atomic E-state index is 9.94. The zero-order valence-corrected chi connectivity index (χ0v) is 12.6. The molecule has 0 spiro atoms. The van der Waals surface area contributed by atoms with Crippen LogP contribution in [-0.2, 0) is 12.0 Å². The van der Waals surface area contributed by atoms with Crippen LogP contribution in [0.5, 0.6) is 5.75 Å². The van der Waals surface area contributed by atoms with Gasteiger partial charge in [0.1, 0.15) is 11.2 Å². The van der Waals surface area contributed by atoms with Gasteiger partial charge in [0.05, 0.1) is 19.5 Å². The van der Waals surface area contributed by atoms with Crippen molar-refractivity contribution in [2.75, 3.05) is 7.11 Å². The Kier molecular flexibility index (Phi) is 4.99. The number of methoxy groups -OCH3 is 1. The van der Waals surface area contributed by atoms with Gasteiger partial charge in [-0.2, -0.15) is 5.26 Å². The first-order valence-corrected chi connectivity index (χ1v) is 7.26. The molecule has 110 valence electrons. The van der Waals surface area contributed by atoms with Gasteiger partial charge >= 0.3 is 0 Å². The van der Waals surface area contributed by atoms with Crippen molar-refractivity contribution in [2.45, 2.75) is 38.1 Å². The summed E-state index contributed by atoms with van der Waals surface area (Å²) in [5.74, 6) is 0.773. The van der Waals surface area contributed by atoms with Crippen LogP contribution in [0.4, 0.5) is 0 Å². The van der Waals surface area contributed by atoms with E-state index in [4.69, 9.17) is 4.74 Å². The number of benzene rings is 1. The quantitative estimate of drug-likeness (QED) is 0.781. The van der Waals surface area contributed by atoms with Crippen LogP contribution in [0.3, 0.4) is 0 Å². The van der Waals surface area contributed by atoms with Crippen LogP contribution in [0.2, 0.25) is 0 Å². The van der Waals surface area contributed by atoms with E-state index in [1.165, 1.54) is 0 Å². The highest BCUT2D eigenvalue weighted by molar-refractivity contribution is 5.43. The number of hydrogen-bond acceptors (Lipinski definition) is 3. The SMILES string of the molecule is CCCCC(C#N)(Cn1ccnc1)c1ccccc1OC. The molecule has 1 unspecified atom stereocenters. The van der Waals surface area contributed by atoms with Gasteiger partial charge in [-0.1, -0.05) is 38.0 Å². The molecule has 0 saturated heterocycles. The highest BCUT2D eigenvalue weighted by Crippen LogP contribution is 2.37. The summed E-state index contributed by atoms with van der Waals surface area (Å²) in [4.78, 5) is 4.08. The van der Waals surface area contributed by atoms with Gasteiger partial charge in [-0.25, -0.2) is 4.98 Å². The van der Waals surface area contributed by atoms with Crippen molar-refractivity contribution < 1.29 is 4.74 Å². The molecule has 0 radical (unpaired) electrons. The molecule has 0 bridgehead atoms. The molecule has 0 amide bonds. The largest absolute Gasteiger partial charge is 0.496 e. The van der Waals surface area contributed by atoms with Gasteiger partial charge in [0.2, 0.25) is 0 Å². The van der Waals surface area contributed by atoms with Crippen LogP contribution >= 0.6 is 0 Å². The third-order valence-corrected chi connectivity index (χ3v) is 3.81. The summed E-state index contributed by atoms with van der Waals surface area (Å²) in [5.41, 5.74) is 0.362. The van der Waals surface area contributed by atoms with E-state index < -0.39 is 5.41 Å². The lowest BCUT2D eigenvalue weighted by molar-refractivity contribution is 0.367. The Morgan fingerprint density at radius 2 is 2.19 bits per heavy atom. The Bertz CT molecular complexity index is 601. The lowest BCUT2D eigenvalue weighted by atomic mass is 9.77. The number of nitrogens with zero attached hydrogens (tertiary/aromatic N) is 3. The van der Waals surface area contributed by atoms with Crippen LogP contribution in [0.25, 0.3) is 0 Å². The maximum Gasteiger partial charge on any atom is 0.123 e. The van der Waals surface area contributed by atoms with Gasteiger partial charge < -0.3 is 9.30 Å². The molecule has 0 fully saturated rings. The molecule has 0 aliphatic carbocycles. The van der Waals surface area contributed by atoms with Crippen molar-refractivity contribution in [1.29, 1.82) is 5.26 Å². The summed E-state index contributed by atoms with van der Waals surface area (Å²) in [7, 11) is 1.65. The first kappa shape index (κ1) is 15.1. The van der Waals surface area contributed by atoms with Gasteiger partial charge in [0, 0.05) is 24.5 Å². The van der Waals surface area contributed by atoms with E-state index in [1.807, 2.05) is 35.0 Å². The summed E-state index contributed by atoms with van der Waals surface area (Å²) < 4.78 is 7.44. The monoisotopic (exact) mass is 283 g/mol. The van der Waals surface area contributed by atoms with Crippen LogP contribution in [0.1, 0.15) is 31.7 Å². The van der Waals surface area contributed by atoms with Gasteiger partial charge in [-0.3, -0.25) is 0 Å². The fourth-order valence-electron chi connectivity index (χ4n) is 2.66. The molecular formula is C17H21N3O. The lowest BCUT2D eigenvalue weighted by Crippen LogP contribution is -2.30. The minimum Gasteiger partial charge on any atom is -0.496 e. The molecule has 0 N–H and O–H groups in total. The predicted molar refractivity (Wildman–Crippen MR) is 82.0 cm³/mol. The van der Waals surface area contributed by atoms with Crippen LogP contribution < -0.4 is 4.74 Å². The molecular weight excluding hydrogens is 262 g/mol. The van der Waals surface area contributed by atoms with E-state index in [2.05, 4.69) is 18.0 Å². The summed E-state index contributed by atoms with van der Waals surface area (Å²) >= 11 is 0. The van der Waals surface area contributed by atoms with Crippen molar-refractivity contribution >= 4 is 0 Å². The van der Waals surface area contributed by atoms with Crippen molar-refractivity contribution in [3.05, 3.63) is 48.5 Å². The molecule has 2 rings (SSSR count). The number of rotatable bonds is 7. The zero-order chi connectivity index (χ0) is 15.1. The number of hydrogen-bond donors (Lipinski definition) is 0. The Morgan fingerprint density at radius 3 is 2.81 bits per heavy atom. The average Bonchev–Trinajstić information content (AvgIpc) is 3.04. The standard InChI is InChI=1S/C17H21N3O/c1-3-4-9-17(12-18,13-20-11-10-19-14-20)15-7-5-6-8-16(15)21-2/h5-8,10-11,14H,3-4,9,13H2,1-2H3. The van der Waals surface area contributed by atoms with Gasteiger partial charge in [-0.15, -0.1) is 0 Å². The Balaban J connectivity index is 2.45. The van der Waals surface area contributed by atoms with Crippen molar-refractivity contribution in [3.63, 3.8) is 0 Å². The molecule has 4 nitrogen and oxygen atoms in total. The molecule has 0 aliphatic rings. The fourth-order valence-corrected chi connectivity index (χ4v) is 2.66. The van der Waals surface area contributed by atoms with Gasteiger partial charge in [0.25, 0.3) is 0 Å². The van der Waals surface area contributed by atoms with Crippen molar-refractivity contribution in [3.8, 4) is 11.8 Å². The van der Waals surface area contributed by atoms with E-state index in [1.54, 1.807) is 19.6 Å². The molecule has 1 heterocycles. The second-order valence-electron chi connectivity index (χ2n) is 5.23. The second-order valence-corrected chi connectivity index (χ2v) is 5.23. The number of para-hydroxylation sites is 1. The lowest BCUT2D eigenvalue weighted by Gasteiger charge is -2.29. The Hall–Kier alpha value is -2.28. The molecule has 4 heteroatoms. The summed E-state index contributed by atoms with van der Waals surface area (Å²) in [6.07, 6.45) is 8.26. The molecule has 0 saturated carbocycles. The summed E-state index contributed by atoms with van der Waals surface area (Å²) in [5, 5.41) is 9.94. The molecule has 0 aliphatic heterocycles.